The van der Waals surface area contributed by atoms with Gasteiger partial charge in [0.15, 0.2) is 17.4 Å². The third-order valence-electron chi connectivity index (χ3n) is 0. The summed E-state index contributed by atoms with van der Waals surface area (Å²) in [5, 5.41) is 0. The molecule has 0 nitrogen and oxygen atoms in total. The molecule has 0 heterocycles. The molecule has 26 valence electrons. The van der Waals surface area contributed by atoms with Gasteiger partial charge in [-0.05, 0) is 0 Å². The Balaban J connectivity index is 0. The topological polar surface area (TPSA) is 0 Å². The van der Waals surface area contributed by atoms with Crippen LogP contribution < -0.4 is 0 Å². The van der Waals surface area contributed by atoms with Crippen molar-refractivity contribution >= 4 is 97.3 Å². The van der Waals surface area contributed by atoms with Gasteiger partial charge >= 0.3 is 66.5 Å². The summed E-state index contributed by atoms with van der Waals surface area (Å²) in [4.78, 5) is 0. The minimum absolute atomic E-state index is 0. The third-order valence-corrected chi connectivity index (χ3v) is 0. The molecule has 0 bridgehead atoms. The molecule has 0 rings (SSSR count). The first kappa shape index (κ1) is 28.0. The first-order valence-corrected chi connectivity index (χ1v) is 0. The maximum atomic E-state index is 0. The fraction of sp³-hybridized carbons (Fsp3) is 0. The van der Waals surface area contributed by atoms with Gasteiger partial charge in [-0.3, -0.25) is 0 Å². The molecule has 0 amide bonds. The Morgan fingerprint density at radius 1 is 1.00 bits per heavy atom. The maximum absolute atomic E-state index is 0. The average molecular weight is 280 g/mol. The summed E-state index contributed by atoms with van der Waals surface area (Å²) in [6, 6.07) is 0. The SMILES string of the molecule is S.[AlH3].[BaH2].[GeH4]. The average Bonchev–Trinajstić information content (AvgIpc) is 0. The normalized spacial score (nSPS) is 0. The van der Waals surface area contributed by atoms with Crippen LogP contribution in [0.5, 0.6) is 0 Å². The summed E-state index contributed by atoms with van der Waals surface area (Å²) in [6.07, 6.45) is 0. The van der Waals surface area contributed by atoms with E-state index in [0.717, 1.165) is 0 Å². The number of rotatable bonds is 0. The van der Waals surface area contributed by atoms with E-state index in [-0.39, 0.29) is 97.3 Å². The van der Waals surface area contributed by atoms with Gasteiger partial charge in [0.1, 0.15) is 0 Å². The van der Waals surface area contributed by atoms with Gasteiger partial charge in [-0.1, -0.05) is 0 Å². The van der Waals surface area contributed by atoms with Crippen molar-refractivity contribution in [1.82, 2.24) is 0 Å². The minimum atomic E-state index is 0. The molecule has 0 unspecified atom stereocenters. The first-order chi connectivity index (χ1) is 0. The van der Waals surface area contributed by atoms with E-state index in [1.165, 1.54) is 0 Å². The summed E-state index contributed by atoms with van der Waals surface area (Å²) >= 11 is 0. The fourth-order valence-corrected chi connectivity index (χ4v) is 0. The van der Waals surface area contributed by atoms with Crippen molar-refractivity contribution in [3.63, 3.8) is 0 Å². The van der Waals surface area contributed by atoms with Gasteiger partial charge in [0.2, 0.25) is 0 Å². The van der Waals surface area contributed by atoms with Crippen LogP contribution in [0.25, 0.3) is 0 Å². The van der Waals surface area contributed by atoms with Crippen molar-refractivity contribution in [2.45, 2.75) is 0 Å². The van der Waals surface area contributed by atoms with Gasteiger partial charge in [0, 0.05) is 0 Å². The van der Waals surface area contributed by atoms with Gasteiger partial charge in [-0.15, -0.1) is 0 Å². The second-order valence-electron chi connectivity index (χ2n) is 0. The molecule has 0 saturated carbocycles. The van der Waals surface area contributed by atoms with Gasteiger partial charge in [0.25, 0.3) is 0 Å². The summed E-state index contributed by atoms with van der Waals surface area (Å²) in [7, 11) is 0. The molecule has 4 heavy (non-hydrogen) atoms. The van der Waals surface area contributed by atoms with E-state index in [1.807, 2.05) is 0 Å². The molecule has 0 aliphatic heterocycles. The van der Waals surface area contributed by atoms with Crippen LogP contribution in [0.2, 0.25) is 0 Å². The van der Waals surface area contributed by atoms with Gasteiger partial charge in [0.05, 0.1) is 0 Å². The molecule has 0 spiro atoms. The summed E-state index contributed by atoms with van der Waals surface area (Å²) in [5.41, 5.74) is 0. The van der Waals surface area contributed by atoms with Gasteiger partial charge in [-0.25, -0.2) is 0 Å². The van der Waals surface area contributed by atoms with Gasteiger partial charge < -0.3 is 0 Å². The van der Waals surface area contributed by atoms with Gasteiger partial charge in [-0.2, -0.15) is 13.5 Å². The third kappa shape index (κ3) is 8.89. The molecule has 4 heteroatoms. The molecular weight excluding hydrogens is 269 g/mol. The fourth-order valence-electron chi connectivity index (χ4n) is 0. The van der Waals surface area contributed by atoms with E-state index in [2.05, 4.69) is 0 Å². The van der Waals surface area contributed by atoms with Crippen molar-refractivity contribution in [2.75, 3.05) is 0 Å². The van der Waals surface area contributed by atoms with Crippen LogP contribution in [0.3, 0.4) is 0 Å². The molecule has 0 fully saturated rings. The predicted molar refractivity (Wildman–Crippen MR) is 40.2 cm³/mol. The Kier molecular flexibility index (Phi) is 117. The molecule has 0 saturated heterocycles. The second-order valence-corrected chi connectivity index (χ2v) is 0. The standard InChI is InChI=1S/Al.Ba.GeH4.H2S.5H/h;;1H4;1H2;;;;;. The quantitative estimate of drug-likeness (QED) is 0.405. The zero-order valence-electron chi connectivity index (χ0n) is 0.500. The molecule has 0 aromatic rings. The van der Waals surface area contributed by atoms with E-state index >= 15 is 0 Å². The predicted octanol–water partition coefficient (Wildman–Crippen LogP) is -3.44. The molecule has 0 aromatic carbocycles. The van der Waals surface area contributed by atoms with Crippen molar-refractivity contribution in [3.8, 4) is 0 Å². The van der Waals surface area contributed by atoms with E-state index < -0.39 is 0 Å². The van der Waals surface area contributed by atoms with Crippen LogP contribution >= 0.6 is 13.5 Å². The van der Waals surface area contributed by atoms with Crippen LogP contribution in [0.15, 0.2) is 0 Å². The molecule has 0 aromatic heterocycles. The van der Waals surface area contributed by atoms with Crippen LogP contribution in [0.1, 0.15) is 0 Å². The van der Waals surface area contributed by atoms with Crippen molar-refractivity contribution in [2.24, 2.45) is 0 Å². The van der Waals surface area contributed by atoms with E-state index in [9.17, 15) is 0 Å². The molecule has 0 aliphatic rings. The van der Waals surface area contributed by atoms with Crippen LogP contribution in [0, 0.1) is 0 Å². The zero-order valence-corrected chi connectivity index (χ0v) is 1.50. The summed E-state index contributed by atoms with van der Waals surface area (Å²) in [5.74, 6) is 0. The molecule has 0 atom stereocenters. The second kappa shape index (κ2) is 16.7. The molecule has 0 N–H and O–H groups in total. The summed E-state index contributed by atoms with van der Waals surface area (Å²) in [6.45, 7) is 0. The van der Waals surface area contributed by atoms with Crippen molar-refractivity contribution in [3.05, 3.63) is 0 Å². The summed E-state index contributed by atoms with van der Waals surface area (Å²) < 4.78 is 0. The Hall–Kier alpha value is 3.00. The monoisotopic (exact) mass is 282 g/mol. The first-order valence-electron chi connectivity index (χ1n) is 0. The Labute approximate surface area is 95.1 Å². The Morgan fingerprint density at radius 2 is 1.00 bits per heavy atom. The Bertz CT molecular complexity index is 8.00. The Morgan fingerprint density at radius 3 is 1.00 bits per heavy atom. The molecule has 0 aliphatic carbocycles. The molecular formula is H11AlBaGeS. The number of hydrogen-bond donors (Lipinski definition) is 0. The van der Waals surface area contributed by atoms with E-state index in [1.54, 1.807) is 0 Å². The van der Waals surface area contributed by atoms with Crippen LogP contribution in [0.4, 0.5) is 0 Å². The van der Waals surface area contributed by atoms with Crippen molar-refractivity contribution < 1.29 is 0 Å². The van der Waals surface area contributed by atoms with Crippen LogP contribution in [-0.4, -0.2) is 83.8 Å². The molecule has 0 radical (unpaired) electrons. The van der Waals surface area contributed by atoms with Crippen LogP contribution in [-0.2, 0) is 0 Å². The van der Waals surface area contributed by atoms with Crippen molar-refractivity contribution in [1.29, 1.82) is 0 Å². The van der Waals surface area contributed by atoms with E-state index in [0.29, 0.717) is 0 Å². The number of hydrogen-bond acceptors (Lipinski definition) is 0. The zero-order chi connectivity index (χ0) is 0. The van der Waals surface area contributed by atoms with E-state index in [4.69, 9.17) is 0 Å².